The van der Waals surface area contributed by atoms with Gasteiger partial charge >= 0.3 is 0 Å². The van der Waals surface area contributed by atoms with Crippen LogP contribution in [0.3, 0.4) is 0 Å². The van der Waals surface area contributed by atoms with Crippen molar-refractivity contribution in [3.63, 3.8) is 0 Å². The molecular weight excluding hydrogens is 339 g/mol. The van der Waals surface area contributed by atoms with Crippen LogP contribution < -0.4 is 0 Å². The van der Waals surface area contributed by atoms with Gasteiger partial charge in [-0.05, 0) is 28.0 Å². The van der Waals surface area contributed by atoms with E-state index in [2.05, 4.69) is 50.1 Å². The second-order valence-electron chi connectivity index (χ2n) is 3.32. The molecule has 0 aliphatic rings. The van der Waals surface area contributed by atoms with Crippen molar-refractivity contribution in [2.24, 2.45) is 0 Å². The first-order valence-electron chi connectivity index (χ1n) is 4.59. The number of hydrogen-bond donors (Lipinski definition) is 0. The zero-order chi connectivity index (χ0) is 10.8. The van der Waals surface area contributed by atoms with Gasteiger partial charge in [-0.2, -0.15) is 0 Å². The zero-order valence-corrected chi connectivity index (χ0v) is 11.9. The lowest BCUT2D eigenvalue weighted by molar-refractivity contribution is 1.39. The number of fused-ring (bicyclic) bond motifs is 1. The average Bonchev–Trinajstić information content (AvgIpc) is 2.28. The second kappa shape index (κ2) is 4.86. The van der Waals surface area contributed by atoms with Gasteiger partial charge in [-0.1, -0.05) is 67.7 Å². The van der Waals surface area contributed by atoms with Crippen LogP contribution in [0, 0.1) is 0 Å². The summed E-state index contributed by atoms with van der Waals surface area (Å²) in [6.07, 6.45) is 0. The molecule has 0 aromatic heterocycles. The van der Waals surface area contributed by atoms with Crippen LogP contribution in [0.2, 0.25) is 5.02 Å². The Kier molecular flexibility index (Phi) is 3.70. The molecule has 0 aliphatic carbocycles. The molecule has 0 radical (unpaired) electrons. The molecular formula is C12H9Br2Cl. The molecule has 2 aromatic rings. The lowest BCUT2D eigenvalue weighted by atomic mass is 10.0. The van der Waals surface area contributed by atoms with Crippen LogP contribution in [-0.2, 0) is 10.7 Å². The van der Waals surface area contributed by atoms with Crippen molar-refractivity contribution in [3.8, 4) is 0 Å². The zero-order valence-electron chi connectivity index (χ0n) is 7.93. The fourth-order valence-electron chi connectivity index (χ4n) is 1.69. The van der Waals surface area contributed by atoms with Gasteiger partial charge in [0.2, 0.25) is 0 Å². The lowest BCUT2D eigenvalue weighted by Gasteiger charge is -2.10. The van der Waals surface area contributed by atoms with E-state index < -0.39 is 0 Å². The number of hydrogen-bond acceptors (Lipinski definition) is 0. The predicted octanol–water partition coefficient (Wildman–Crippen LogP) is 5.28. The molecule has 2 aromatic carbocycles. The van der Waals surface area contributed by atoms with E-state index in [1.165, 1.54) is 16.3 Å². The SMILES string of the molecule is Clc1c(CBr)cc2ccccc2c1CBr. The summed E-state index contributed by atoms with van der Waals surface area (Å²) in [4.78, 5) is 0. The van der Waals surface area contributed by atoms with Crippen LogP contribution in [-0.4, -0.2) is 0 Å². The molecule has 0 spiro atoms. The van der Waals surface area contributed by atoms with Gasteiger partial charge < -0.3 is 0 Å². The summed E-state index contributed by atoms with van der Waals surface area (Å²) in [5, 5.41) is 4.90. The minimum absolute atomic E-state index is 0.785. The third kappa shape index (κ3) is 2.08. The van der Waals surface area contributed by atoms with Crippen molar-refractivity contribution < 1.29 is 0 Å². The number of rotatable bonds is 2. The molecule has 0 unspecified atom stereocenters. The van der Waals surface area contributed by atoms with Crippen LogP contribution in [0.15, 0.2) is 30.3 Å². The normalized spacial score (nSPS) is 10.9. The van der Waals surface area contributed by atoms with Crippen LogP contribution in [0.1, 0.15) is 11.1 Å². The van der Waals surface area contributed by atoms with Gasteiger partial charge in [0.05, 0.1) is 0 Å². The first-order chi connectivity index (χ1) is 7.27. The first kappa shape index (κ1) is 11.4. The molecule has 0 saturated carbocycles. The van der Waals surface area contributed by atoms with Crippen molar-refractivity contribution in [2.75, 3.05) is 0 Å². The Morgan fingerprint density at radius 3 is 2.47 bits per heavy atom. The Morgan fingerprint density at radius 1 is 1.07 bits per heavy atom. The quantitative estimate of drug-likeness (QED) is 0.648. The maximum absolute atomic E-state index is 6.33. The monoisotopic (exact) mass is 346 g/mol. The highest BCUT2D eigenvalue weighted by Gasteiger charge is 2.09. The van der Waals surface area contributed by atoms with E-state index in [0.29, 0.717) is 0 Å². The largest absolute Gasteiger partial charge is 0.0876 e. The highest BCUT2D eigenvalue weighted by Crippen LogP contribution is 2.32. The molecule has 0 saturated heterocycles. The molecule has 0 aliphatic heterocycles. The summed E-state index contributed by atoms with van der Waals surface area (Å²) in [6.45, 7) is 0. The third-order valence-electron chi connectivity index (χ3n) is 2.44. The Labute approximate surface area is 111 Å². The first-order valence-corrected chi connectivity index (χ1v) is 7.21. The maximum atomic E-state index is 6.33. The highest BCUT2D eigenvalue weighted by molar-refractivity contribution is 9.08. The van der Waals surface area contributed by atoms with Gasteiger partial charge in [0.1, 0.15) is 0 Å². The van der Waals surface area contributed by atoms with Crippen LogP contribution in [0.4, 0.5) is 0 Å². The predicted molar refractivity (Wildman–Crippen MR) is 74.2 cm³/mol. The van der Waals surface area contributed by atoms with Crippen molar-refractivity contribution in [2.45, 2.75) is 10.7 Å². The van der Waals surface area contributed by atoms with E-state index in [1.54, 1.807) is 0 Å². The minimum Gasteiger partial charge on any atom is -0.0876 e. The minimum atomic E-state index is 0.785. The Morgan fingerprint density at radius 2 is 1.80 bits per heavy atom. The lowest BCUT2D eigenvalue weighted by Crippen LogP contribution is -1.89. The summed E-state index contributed by atoms with van der Waals surface area (Å²) in [7, 11) is 0. The topological polar surface area (TPSA) is 0 Å². The molecule has 0 amide bonds. The standard InChI is InChI=1S/C12H9Br2Cl/c13-6-9-5-8-3-1-2-4-10(8)11(7-14)12(9)15/h1-5H,6-7H2. The molecule has 15 heavy (non-hydrogen) atoms. The molecule has 0 N–H and O–H groups in total. The number of alkyl halides is 2. The van der Waals surface area contributed by atoms with E-state index in [-0.39, 0.29) is 0 Å². The average molecular weight is 348 g/mol. The number of benzene rings is 2. The number of halogens is 3. The maximum Gasteiger partial charge on any atom is 0.0493 e. The Bertz CT molecular complexity index is 494. The van der Waals surface area contributed by atoms with Crippen molar-refractivity contribution in [1.82, 2.24) is 0 Å². The van der Waals surface area contributed by atoms with Crippen molar-refractivity contribution in [1.29, 1.82) is 0 Å². The van der Waals surface area contributed by atoms with Gasteiger partial charge in [-0.15, -0.1) is 0 Å². The highest BCUT2D eigenvalue weighted by atomic mass is 79.9. The van der Waals surface area contributed by atoms with E-state index in [9.17, 15) is 0 Å². The molecule has 0 heterocycles. The van der Waals surface area contributed by atoms with E-state index in [1.807, 2.05) is 12.1 Å². The fraction of sp³-hybridized carbons (Fsp3) is 0.167. The van der Waals surface area contributed by atoms with E-state index in [0.717, 1.165) is 21.2 Å². The van der Waals surface area contributed by atoms with Crippen molar-refractivity contribution in [3.05, 3.63) is 46.5 Å². The molecule has 0 nitrogen and oxygen atoms in total. The third-order valence-corrected chi connectivity index (χ3v) is 4.08. The molecule has 0 atom stereocenters. The molecule has 0 fully saturated rings. The van der Waals surface area contributed by atoms with Gasteiger partial charge in [-0.3, -0.25) is 0 Å². The fourth-order valence-corrected chi connectivity index (χ4v) is 3.33. The summed E-state index contributed by atoms with van der Waals surface area (Å²) in [6, 6.07) is 10.4. The molecule has 0 bridgehead atoms. The molecule has 78 valence electrons. The Balaban J connectivity index is 2.83. The Hall–Kier alpha value is -0.0500. The van der Waals surface area contributed by atoms with Crippen molar-refractivity contribution >= 4 is 54.2 Å². The van der Waals surface area contributed by atoms with Crippen LogP contribution >= 0.6 is 43.5 Å². The van der Waals surface area contributed by atoms with Crippen LogP contribution in [0.5, 0.6) is 0 Å². The molecule has 3 heteroatoms. The van der Waals surface area contributed by atoms with Gasteiger partial charge in [0.25, 0.3) is 0 Å². The summed E-state index contributed by atoms with van der Waals surface area (Å²) in [5.41, 5.74) is 2.31. The van der Waals surface area contributed by atoms with E-state index >= 15 is 0 Å². The summed E-state index contributed by atoms with van der Waals surface area (Å²) < 4.78 is 0. The van der Waals surface area contributed by atoms with Gasteiger partial charge in [0.15, 0.2) is 0 Å². The summed E-state index contributed by atoms with van der Waals surface area (Å²) >= 11 is 13.3. The molecule has 2 rings (SSSR count). The van der Waals surface area contributed by atoms with E-state index in [4.69, 9.17) is 11.6 Å². The van der Waals surface area contributed by atoms with Gasteiger partial charge in [-0.25, -0.2) is 0 Å². The summed E-state index contributed by atoms with van der Waals surface area (Å²) in [5.74, 6) is 0. The second-order valence-corrected chi connectivity index (χ2v) is 4.82. The smallest absolute Gasteiger partial charge is 0.0493 e. The van der Waals surface area contributed by atoms with Crippen LogP contribution in [0.25, 0.3) is 10.8 Å². The van der Waals surface area contributed by atoms with Gasteiger partial charge in [0, 0.05) is 15.7 Å².